The molecule has 2 aliphatic rings. The maximum absolute atomic E-state index is 12.4. The van der Waals surface area contributed by atoms with Crippen molar-refractivity contribution in [3.8, 4) is 0 Å². The summed E-state index contributed by atoms with van der Waals surface area (Å²) < 4.78 is 23.3. The molecule has 140 valence electrons. The van der Waals surface area contributed by atoms with E-state index in [0.29, 0.717) is 17.3 Å². The Kier molecular flexibility index (Phi) is 4.88. The van der Waals surface area contributed by atoms with Crippen LogP contribution < -0.4 is 10.6 Å². The van der Waals surface area contributed by atoms with Crippen molar-refractivity contribution in [1.29, 1.82) is 0 Å². The number of nitrogens with zero attached hydrogens (tertiary/aromatic N) is 2. The van der Waals surface area contributed by atoms with Crippen LogP contribution in [0.3, 0.4) is 0 Å². The zero-order valence-electron chi connectivity index (χ0n) is 14.3. The van der Waals surface area contributed by atoms with E-state index in [0.717, 1.165) is 11.4 Å². The first kappa shape index (κ1) is 18.0. The third kappa shape index (κ3) is 4.30. The van der Waals surface area contributed by atoms with Crippen molar-refractivity contribution >= 4 is 38.4 Å². The van der Waals surface area contributed by atoms with Gasteiger partial charge in [-0.1, -0.05) is 23.9 Å². The van der Waals surface area contributed by atoms with E-state index in [1.165, 1.54) is 11.8 Å². The number of hydrogen-bond donors (Lipinski definition) is 2. The van der Waals surface area contributed by atoms with Gasteiger partial charge in [-0.2, -0.15) is 0 Å². The zero-order chi connectivity index (χ0) is 18.9. The van der Waals surface area contributed by atoms with E-state index < -0.39 is 9.84 Å². The number of carbonyl (C=O) groups excluding carboxylic acids is 1. The molecule has 0 bridgehead atoms. The molecule has 7 nitrogen and oxygen atoms in total. The summed E-state index contributed by atoms with van der Waals surface area (Å²) in [5, 5.41) is 6.73. The largest absolute Gasteiger partial charge is 0.346 e. The summed E-state index contributed by atoms with van der Waals surface area (Å²) in [6, 6.07) is 12.5. The van der Waals surface area contributed by atoms with Crippen molar-refractivity contribution < 1.29 is 13.2 Å². The SMILES string of the molecule is O=C(NCc1ccccn1)c1cccc(NC2=N[C@H]3CS(=O)(=O)C[C@@H]3S2)c1. The first-order valence-corrected chi connectivity index (χ1v) is 11.2. The first-order valence-electron chi connectivity index (χ1n) is 8.49. The van der Waals surface area contributed by atoms with Crippen LogP contribution in [0.15, 0.2) is 53.7 Å². The van der Waals surface area contributed by atoms with Crippen LogP contribution >= 0.6 is 11.8 Å². The van der Waals surface area contributed by atoms with Crippen LogP contribution in [-0.2, 0) is 16.4 Å². The Morgan fingerprint density at radius 3 is 2.85 bits per heavy atom. The molecule has 4 rings (SSSR count). The second kappa shape index (κ2) is 7.32. The molecule has 1 amide bonds. The minimum Gasteiger partial charge on any atom is -0.346 e. The van der Waals surface area contributed by atoms with Crippen molar-refractivity contribution in [3.05, 3.63) is 59.9 Å². The highest BCUT2D eigenvalue weighted by atomic mass is 32.2. The van der Waals surface area contributed by atoms with Gasteiger partial charge in [0, 0.05) is 22.7 Å². The minimum atomic E-state index is -2.96. The Balaban J connectivity index is 1.39. The summed E-state index contributed by atoms with van der Waals surface area (Å²) in [4.78, 5) is 21.0. The highest BCUT2D eigenvalue weighted by Gasteiger charge is 2.42. The summed E-state index contributed by atoms with van der Waals surface area (Å²) in [7, 11) is -2.96. The lowest BCUT2D eigenvalue weighted by atomic mass is 10.2. The molecule has 27 heavy (non-hydrogen) atoms. The van der Waals surface area contributed by atoms with Gasteiger partial charge in [-0.3, -0.25) is 14.8 Å². The van der Waals surface area contributed by atoms with Crippen LogP contribution in [0.5, 0.6) is 0 Å². The Labute approximate surface area is 161 Å². The standard InChI is InChI=1S/C18H18N4O3S2/c23-17(20-9-14-5-1-2-7-19-14)12-4-3-6-13(8-12)21-18-22-15-10-27(24,25)11-16(15)26-18/h1-8,15-16H,9-11H2,(H,20,23)(H,21,22)/t15-,16-/m0/s1. The van der Waals surface area contributed by atoms with E-state index in [-0.39, 0.29) is 28.7 Å². The molecule has 0 spiro atoms. The first-order chi connectivity index (χ1) is 13.0. The van der Waals surface area contributed by atoms with E-state index in [4.69, 9.17) is 0 Å². The van der Waals surface area contributed by atoms with Gasteiger partial charge in [0.05, 0.1) is 29.8 Å². The molecule has 1 saturated heterocycles. The molecule has 9 heteroatoms. The van der Waals surface area contributed by atoms with E-state index in [1.807, 2.05) is 24.3 Å². The van der Waals surface area contributed by atoms with Crippen molar-refractivity contribution in [2.45, 2.75) is 17.8 Å². The number of sulfone groups is 1. The topological polar surface area (TPSA) is 101 Å². The Hall–Kier alpha value is -2.39. The molecule has 2 aliphatic heterocycles. The Morgan fingerprint density at radius 2 is 2.07 bits per heavy atom. The number of amides is 1. The molecule has 0 radical (unpaired) electrons. The highest BCUT2D eigenvalue weighted by molar-refractivity contribution is 8.15. The number of rotatable bonds is 4. The van der Waals surface area contributed by atoms with Crippen LogP contribution in [0, 0.1) is 0 Å². The molecule has 0 unspecified atom stereocenters. The molecular formula is C18H18N4O3S2. The van der Waals surface area contributed by atoms with Gasteiger partial charge in [-0.25, -0.2) is 8.42 Å². The number of hydrogen-bond acceptors (Lipinski definition) is 7. The molecule has 0 saturated carbocycles. The molecule has 1 aromatic heterocycles. The summed E-state index contributed by atoms with van der Waals surface area (Å²) >= 11 is 1.45. The van der Waals surface area contributed by atoms with Gasteiger partial charge < -0.3 is 10.6 Å². The summed E-state index contributed by atoms with van der Waals surface area (Å²) in [6.07, 6.45) is 1.69. The molecular weight excluding hydrogens is 384 g/mol. The van der Waals surface area contributed by atoms with Gasteiger partial charge in [0.15, 0.2) is 15.0 Å². The van der Waals surface area contributed by atoms with Crippen molar-refractivity contribution in [2.75, 3.05) is 16.8 Å². The van der Waals surface area contributed by atoms with Gasteiger partial charge in [-0.05, 0) is 30.3 Å². The number of carbonyl (C=O) groups is 1. The maximum atomic E-state index is 12.4. The Bertz CT molecular complexity index is 993. The lowest BCUT2D eigenvalue weighted by molar-refractivity contribution is 0.0950. The lowest BCUT2D eigenvalue weighted by Crippen LogP contribution is -2.23. The number of benzene rings is 1. The third-order valence-electron chi connectivity index (χ3n) is 4.35. The average molecular weight is 403 g/mol. The number of anilines is 1. The normalized spacial score (nSPS) is 22.7. The predicted octanol–water partition coefficient (Wildman–Crippen LogP) is 1.69. The number of fused-ring (bicyclic) bond motifs is 1. The van der Waals surface area contributed by atoms with Crippen molar-refractivity contribution in [3.63, 3.8) is 0 Å². The quantitative estimate of drug-likeness (QED) is 0.807. The lowest BCUT2D eigenvalue weighted by Gasteiger charge is -2.09. The molecule has 2 aromatic rings. The fourth-order valence-electron chi connectivity index (χ4n) is 3.05. The van der Waals surface area contributed by atoms with Crippen LogP contribution in [0.25, 0.3) is 0 Å². The maximum Gasteiger partial charge on any atom is 0.251 e. The van der Waals surface area contributed by atoms with Gasteiger partial charge in [0.2, 0.25) is 0 Å². The van der Waals surface area contributed by atoms with E-state index >= 15 is 0 Å². The van der Waals surface area contributed by atoms with Crippen LogP contribution in [-0.4, -0.2) is 47.3 Å². The van der Waals surface area contributed by atoms with Crippen molar-refractivity contribution in [2.24, 2.45) is 4.99 Å². The average Bonchev–Trinajstić information content (AvgIpc) is 3.13. The number of pyridine rings is 1. The second-order valence-electron chi connectivity index (χ2n) is 6.44. The van der Waals surface area contributed by atoms with Crippen LogP contribution in [0.2, 0.25) is 0 Å². The highest BCUT2D eigenvalue weighted by Crippen LogP contribution is 2.34. The minimum absolute atomic E-state index is 0.0117. The van der Waals surface area contributed by atoms with Gasteiger partial charge >= 0.3 is 0 Å². The third-order valence-corrected chi connectivity index (χ3v) is 7.49. The van der Waals surface area contributed by atoms with E-state index in [9.17, 15) is 13.2 Å². The van der Waals surface area contributed by atoms with Crippen molar-refractivity contribution in [1.82, 2.24) is 10.3 Å². The zero-order valence-corrected chi connectivity index (χ0v) is 16.0. The van der Waals surface area contributed by atoms with Gasteiger partial charge in [0.25, 0.3) is 5.91 Å². The number of aliphatic imine (C=N–C) groups is 1. The fraction of sp³-hybridized carbons (Fsp3) is 0.278. The predicted molar refractivity (Wildman–Crippen MR) is 107 cm³/mol. The number of thioether (sulfide) groups is 1. The van der Waals surface area contributed by atoms with Gasteiger partial charge in [-0.15, -0.1) is 0 Å². The van der Waals surface area contributed by atoms with Gasteiger partial charge in [0.1, 0.15) is 0 Å². The second-order valence-corrected chi connectivity index (χ2v) is 9.83. The van der Waals surface area contributed by atoms with Crippen LogP contribution in [0.4, 0.5) is 5.69 Å². The number of amidine groups is 1. The molecule has 2 atom stereocenters. The monoisotopic (exact) mass is 402 g/mol. The summed E-state index contributed by atoms with van der Waals surface area (Å²) in [5.41, 5.74) is 2.07. The number of aromatic nitrogens is 1. The molecule has 0 aliphatic carbocycles. The fourth-order valence-corrected chi connectivity index (χ4v) is 6.73. The van der Waals surface area contributed by atoms with E-state index in [2.05, 4.69) is 20.6 Å². The molecule has 1 aromatic carbocycles. The van der Waals surface area contributed by atoms with E-state index in [1.54, 1.807) is 24.4 Å². The molecule has 2 N–H and O–H groups in total. The molecule has 3 heterocycles. The number of nitrogens with one attached hydrogen (secondary N) is 2. The molecule has 1 fully saturated rings. The summed E-state index contributed by atoms with van der Waals surface area (Å²) in [5.74, 6) is 0.104. The Morgan fingerprint density at radius 1 is 1.19 bits per heavy atom. The summed E-state index contributed by atoms with van der Waals surface area (Å²) in [6.45, 7) is 0.359. The van der Waals surface area contributed by atoms with Crippen LogP contribution in [0.1, 0.15) is 16.1 Å². The smallest absolute Gasteiger partial charge is 0.251 e.